The summed E-state index contributed by atoms with van der Waals surface area (Å²) in [6.45, 7) is 4.09. The minimum absolute atomic E-state index is 0.418. The van der Waals surface area contributed by atoms with E-state index in [0.717, 1.165) is 38.0 Å². The molecular weight excluding hydrogens is 408 g/mol. The van der Waals surface area contributed by atoms with E-state index in [1.54, 1.807) is 11.8 Å². The lowest BCUT2D eigenvalue weighted by Gasteiger charge is -2.11. The van der Waals surface area contributed by atoms with Crippen LogP contribution in [0.15, 0.2) is 48.7 Å². The van der Waals surface area contributed by atoms with Crippen LogP contribution in [0.5, 0.6) is 5.75 Å². The van der Waals surface area contributed by atoms with E-state index in [9.17, 15) is 5.26 Å². The molecule has 0 bridgehead atoms. The van der Waals surface area contributed by atoms with Gasteiger partial charge in [0.1, 0.15) is 17.4 Å². The van der Waals surface area contributed by atoms with E-state index in [2.05, 4.69) is 34.5 Å². The molecule has 3 heterocycles. The highest BCUT2D eigenvalue weighted by atomic mass is 32.1. The Labute approximate surface area is 182 Å². The van der Waals surface area contributed by atoms with Gasteiger partial charge in [-0.3, -0.25) is 0 Å². The summed E-state index contributed by atoms with van der Waals surface area (Å²) in [6, 6.07) is 16.0. The van der Waals surface area contributed by atoms with Gasteiger partial charge in [-0.2, -0.15) is 15.0 Å². The highest BCUT2D eigenvalue weighted by Crippen LogP contribution is 2.33. The summed E-state index contributed by atoms with van der Waals surface area (Å²) >= 11 is 1.48. The Hall–Kier alpha value is -3.96. The van der Waals surface area contributed by atoms with E-state index in [1.165, 1.54) is 17.5 Å². The molecule has 8 heteroatoms. The molecular formula is C23H18N6OS. The number of nitriles is 1. The van der Waals surface area contributed by atoms with Gasteiger partial charge in [0.25, 0.3) is 0 Å². The number of pyridine rings is 1. The zero-order valence-corrected chi connectivity index (χ0v) is 18.0. The van der Waals surface area contributed by atoms with Crippen LogP contribution in [-0.2, 0) is 0 Å². The maximum Gasteiger partial charge on any atom is 0.189 e. The van der Waals surface area contributed by atoms with Gasteiger partial charge in [0, 0.05) is 5.39 Å². The first-order valence-corrected chi connectivity index (χ1v) is 10.5. The zero-order valence-electron chi connectivity index (χ0n) is 17.2. The third kappa shape index (κ3) is 3.25. The number of hydrogen-bond donors (Lipinski definition) is 1. The fourth-order valence-corrected chi connectivity index (χ4v) is 4.46. The van der Waals surface area contributed by atoms with E-state index in [1.807, 2.05) is 43.3 Å². The number of nitrogens with one attached hydrogen (secondary N) is 1. The van der Waals surface area contributed by atoms with Crippen molar-refractivity contribution in [1.29, 1.82) is 5.26 Å². The molecule has 0 fully saturated rings. The summed E-state index contributed by atoms with van der Waals surface area (Å²) in [5.74, 6) is 1.95. The van der Waals surface area contributed by atoms with Crippen LogP contribution >= 0.6 is 11.3 Å². The number of aromatic nitrogens is 4. The molecule has 0 saturated carbocycles. The van der Waals surface area contributed by atoms with Crippen LogP contribution in [0.3, 0.4) is 0 Å². The Morgan fingerprint density at radius 2 is 1.97 bits per heavy atom. The first kappa shape index (κ1) is 19.0. The molecule has 0 aliphatic rings. The smallest absolute Gasteiger partial charge is 0.189 e. The maximum atomic E-state index is 9.64. The first-order chi connectivity index (χ1) is 15.1. The molecule has 1 N–H and O–H groups in total. The predicted molar refractivity (Wildman–Crippen MR) is 123 cm³/mol. The summed E-state index contributed by atoms with van der Waals surface area (Å²) in [6.07, 6.45) is 1.54. The van der Waals surface area contributed by atoms with Crippen LogP contribution in [0.25, 0.3) is 26.9 Å². The number of rotatable bonds is 4. The highest BCUT2D eigenvalue weighted by Gasteiger charge is 2.17. The zero-order chi connectivity index (χ0) is 21.5. The SMILES string of the molecule is COc1ccc2nc(Nc3c(C#N)cnn3-c3cc(C)c4cccc(C)c4n3)sc2c1. The van der Waals surface area contributed by atoms with Crippen LogP contribution in [0.4, 0.5) is 10.9 Å². The molecule has 31 heavy (non-hydrogen) atoms. The summed E-state index contributed by atoms with van der Waals surface area (Å²) in [5, 5.41) is 19.1. The molecule has 0 unspecified atom stereocenters. The second-order valence-corrected chi connectivity index (χ2v) is 8.21. The molecule has 0 atom stereocenters. The van der Waals surface area contributed by atoms with Crippen molar-refractivity contribution in [2.24, 2.45) is 0 Å². The number of fused-ring (bicyclic) bond motifs is 2. The van der Waals surface area contributed by atoms with Gasteiger partial charge >= 0.3 is 0 Å². The predicted octanol–water partition coefficient (Wildman–Crippen LogP) is 5.27. The number of benzene rings is 2. The fourth-order valence-electron chi connectivity index (χ4n) is 3.56. The van der Waals surface area contributed by atoms with Crippen molar-refractivity contribution in [2.75, 3.05) is 12.4 Å². The topological polar surface area (TPSA) is 88.6 Å². The molecule has 3 aromatic heterocycles. The van der Waals surface area contributed by atoms with Crippen molar-refractivity contribution >= 4 is 43.4 Å². The number of hydrogen-bond acceptors (Lipinski definition) is 7. The lowest BCUT2D eigenvalue weighted by atomic mass is 10.1. The van der Waals surface area contributed by atoms with Gasteiger partial charge in [-0.15, -0.1) is 0 Å². The average molecular weight is 427 g/mol. The molecule has 152 valence electrons. The van der Waals surface area contributed by atoms with E-state index in [-0.39, 0.29) is 0 Å². The quantitative estimate of drug-likeness (QED) is 0.421. The lowest BCUT2D eigenvalue weighted by Crippen LogP contribution is -2.06. The molecule has 5 aromatic rings. The number of aryl methyl sites for hydroxylation is 2. The van der Waals surface area contributed by atoms with E-state index in [4.69, 9.17) is 9.72 Å². The molecule has 0 amide bonds. The van der Waals surface area contributed by atoms with Crippen LogP contribution in [0.1, 0.15) is 16.7 Å². The van der Waals surface area contributed by atoms with Crippen molar-refractivity contribution in [3.05, 3.63) is 65.4 Å². The molecule has 2 aromatic carbocycles. The Morgan fingerprint density at radius 1 is 1.10 bits per heavy atom. The van der Waals surface area contributed by atoms with E-state index >= 15 is 0 Å². The minimum Gasteiger partial charge on any atom is -0.497 e. The van der Waals surface area contributed by atoms with Crippen molar-refractivity contribution in [2.45, 2.75) is 13.8 Å². The second-order valence-electron chi connectivity index (χ2n) is 7.18. The first-order valence-electron chi connectivity index (χ1n) is 9.64. The van der Waals surface area contributed by atoms with E-state index < -0.39 is 0 Å². The number of anilines is 2. The monoisotopic (exact) mass is 426 g/mol. The van der Waals surface area contributed by atoms with Gasteiger partial charge in [-0.05, 0) is 49.2 Å². The molecule has 0 saturated heterocycles. The number of ether oxygens (including phenoxy) is 1. The molecule has 7 nitrogen and oxygen atoms in total. The number of nitrogens with zero attached hydrogens (tertiary/aromatic N) is 5. The third-order valence-corrected chi connectivity index (χ3v) is 6.10. The Morgan fingerprint density at radius 3 is 2.77 bits per heavy atom. The average Bonchev–Trinajstić information content (AvgIpc) is 3.37. The van der Waals surface area contributed by atoms with Crippen molar-refractivity contribution in [3.8, 4) is 17.6 Å². The third-order valence-electron chi connectivity index (χ3n) is 5.16. The number of para-hydroxylation sites is 1. The fraction of sp³-hybridized carbons (Fsp3) is 0.130. The van der Waals surface area contributed by atoms with Crippen LogP contribution in [0, 0.1) is 25.2 Å². The Balaban J connectivity index is 1.62. The summed E-state index contributed by atoms with van der Waals surface area (Å²) in [4.78, 5) is 9.47. The standard InChI is InChI=1S/C23H18N6OS/c1-13-5-4-6-17-14(2)9-20(27-21(13)17)29-22(15(11-24)12-25-29)28-23-26-18-8-7-16(30-3)10-19(18)31-23/h4-10,12H,1-3H3,(H,26,28). The van der Waals surface area contributed by atoms with Crippen molar-refractivity contribution in [3.63, 3.8) is 0 Å². The number of thiazole rings is 1. The number of methoxy groups -OCH3 is 1. The molecule has 0 radical (unpaired) electrons. The van der Waals surface area contributed by atoms with Crippen molar-refractivity contribution < 1.29 is 4.74 Å². The largest absolute Gasteiger partial charge is 0.497 e. The lowest BCUT2D eigenvalue weighted by molar-refractivity contribution is 0.415. The van der Waals surface area contributed by atoms with Crippen LogP contribution in [0.2, 0.25) is 0 Å². The van der Waals surface area contributed by atoms with Gasteiger partial charge in [0.2, 0.25) is 0 Å². The van der Waals surface area contributed by atoms with Crippen LogP contribution < -0.4 is 10.1 Å². The van der Waals surface area contributed by atoms with Gasteiger partial charge in [-0.25, -0.2) is 9.97 Å². The van der Waals surface area contributed by atoms with Gasteiger partial charge in [0.05, 0.1) is 29.0 Å². The minimum atomic E-state index is 0.418. The summed E-state index contributed by atoms with van der Waals surface area (Å²) in [7, 11) is 1.64. The normalized spacial score (nSPS) is 11.0. The molecule has 0 aliphatic heterocycles. The molecule has 0 spiro atoms. The maximum absolute atomic E-state index is 9.64. The Kier molecular flexibility index (Phi) is 4.53. The molecule has 0 aliphatic carbocycles. The van der Waals surface area contributed by atoms with E-state index in [0.29, 0.717) is 22.3 Å². The highest BCUT2D eigenvalue weighted by molar-refractivity contribution is 7.22. The van der Waals surface area contributed by atoms with Gasteiger partial charge < -0.3 is 10.1 Å². The van der Waals surface area contributed by atoms with Gasteiger partial charge in [-0.1, -0.05) is 29.5 Å². The summed E-state index contributed by atoms with van der Waals surface area (Å²) in [5.41, 5.74) is 4.37. The second kappa shape index (κ2) is 7.38. The van der Waals surface area contributed by atoms with Crippen molar-refractivity contribution in [1.82, 2.24) is 19.7 Å². The molecule has 5 rings (SSSR count). The Bertz CT molecular complexity index is 1490. The summed E-state index contributed by atoms with van der Waals surface area (Å²) < 4.78 is 7.94. The van der Waals surface area contributed by atoms with Gasteiger partial charge in [0.15, 0.2) is 16.8 Å². The van der Waals surface area contributed by atoms with Crippen LogP contribution in [-0.4, -0.2) is 26.9 Å².